The molecule has 0 aromatic rings. The molecule has 2 saturated carbocycles. The van der Waals surface area contributed by atoms with Gasteiger partial charge in [0.05, 0.1) is 30.5 Å². The number of likely N-dealkylation sites (N-methyl/N-ethyl adjacent to an activating group) is 1. The Balaban J connectivity index is 1.20. The van der Waals surface area contributed by atoms with E-state index >= 15 is 0 Å². The van der Waals surface area contributed by atoms with E-state index in [1.807, 2.05) is 6.92 Å². The summed E-state index contributed by atoms with van der Waals surface area (Å²) in [5, 5.41) is 0. The molecule has 2 N–H and O–H groups in total. The van der Waals surface area contributed by atoms with Gasteiger partial charge in [0.25, 0.3) is 0 Å². The molecule has 6 aliphatic rings. The van der Waals surface area contributed by atoms with E-state index in [0.29, 0.717) is 24.5 Å². The largest absolute Gasteiger partial charge is 0.378 e. The third-order valence-electron chi connectivity index (χ3n) is 13.9. The first-order valence-corrected chi connectivity index (χ1v) is 20.5. The highest BCUT2D eigenvalue weighted by Crippen LogP contribution is 2.56. The zero-order chi connectivity index (χ0) is 37.3. The Morgan fingerprint density at radius 2 is 1.62 bits per heavy atom. The topological polar surface area (TPSA) is 120 Å². The van der Waals surface area contributed by atoms with E-state index < -0.39 is 12.4 Å². The Bertz CT molecular complexity index is 1200. The van der Waals surface area contributed by atoms with Crippen molar-refractivity contribution in [2.45, 2.75) is 165 Å². The van der Waals surface area contributed by atoms with Crippen molar-refractivity contribution in [3.63, 3.8) is 0 Å². The van der Waals surface area contributed by atoms with Crippen LogP contribution in [0.2, 0.25) is 0 Å². The number of ether oxygens (including phenoxy) is 8. The lowest BCUT2D eigenvalue weighted by atomic mass is 9.64. The third-order valence-corrected chi connectivity index (χ3v) is 13.9. The molecule has 0 amide bonds. The second-order valence-electron chi connectivity index (χ2n) is 17.1. The van der Waals surface area contributed by atoms with Gasteiger partial charge in [0.15, 0.2) is 18.4 Å². The highest BCUT2D eigenvalue weighted by Gasteiger charge is 2.55. The molecular weight excluding hydrogens is 664 g/mol. The standard InChI is InChI=1S/C41H70N2O9/c1-10-26-12-11-13-34(52-35-15-14-33(43(5)6)23(3)49-35)22(2)37(44)31-21-30-29-20-27(18-25(29)19-32(42)36(30)28(31)16-17-48-26)51-41-40(47-9)39(46-8)38(45-7)24(4)50-41/h21-30,32-36,38-41H,10-20,42H2,1-9H3/t22-,23?,24?,25+,26+,27-,28-,29-,30+,32?,33+,34+,35+,36+,38+,39-,40?,41+/m1/s1. The number of fused-ring (bicyclic) bond motifs is 5. The van der Waals surface area contributed by atoms with Gasteiger partial charge < -0.3 is 48.5 Å². The molecule has 0 radical (unpaired) electrons. The van der Waals surface area contributed by atoms with Gasteiger partial charge in [0, 0.05) is 45.9 Å². The van der Waals surface area contributed by atoms with Crippen molar-refractivity contribution in [1.82, 2.24) is 4.90 Å². The smallest absolute Gasteiger partial charge is 0.187 e. The first-order valence-electron chi connectivity index (χ1n) is 20.5. The van der Waals surface area contributed by atoms with Gasteiger partial charge in [0.2, 0.25) is 0 Å². The predicted octanol–water partition coefficient (Wildman–Crippen LogP) is 5.12. The van der Waals surface area contributed by atoms with Crippen LogP contribution in [0.4, 0.5) is 0 Å². The summed E-state index contributed by atoms with van der Waals surface area (Å²) in [6.45, 7) is 9.08. The summed E-state index contributed by atoms with van der Waals surface area (Å²) in [7, 11) is 9.25. The van der Waals surface area contributed by atoms with E-state index in [1.165, 1.54) is 0 Å². The fourth-order valence-corrected chi connectivity index (χ4v) is 11.2. The first-order chi connectivity index (χ1) is 25.0. The van der Waals surface area contributed by atoms with Crippen molar-refractivity contribution < 1.29 is 42.7 Å². The van der Waals surface area contributed by atoms with Gasteiger partial charge in [-0.15, -0.1) is 0 Å². The highest BCUT2D eigenvalue weighted by atomic mass is 16.7. The lowest BCUT2D eigenvalue weighted by Gasteiger charge is -2.44. The molecule has 0 aromatic carbocycles. The summed E-state index contributed by atoms with van der Waals surface area (Å²) in [5.41, 5.74) is 8.10. The molecule has 0 aromatic heterocycles. The van der Waals surface area contributed by atoms with E-state index in [2.05, 4.69) is 45.8 Å². The monoisotopic (exact) mass is 735 g/mol. The Labute approximate surface area is 313 Å². The van der Waals surface area contributed by atoms with Gasteiger partial charge >= 0.3 is 0 Å². The van der Waals surface area contributed by atoms with Crippen molar-refractivity contribution in [2.75, 3.05) is 42.0 Å². The molecule has 4 unspecified atom stereocenters. The number of Topliss-reactive ketones (excluding diaryl/α,β-unsaturated/α-hetero) is 1. The number of methoxy groups -OCH3 is 3. The van der Waals surface area contributed by atoms with Crippen LogP contribution in [0.5, 0.6) is 0 Å². The molecule has 52 heavy (non-hydrogen) atoms. The normalized spacial score (nSPS) is 47.6. The minimum atomic E-state index is -0.559. The summed E-state index contributed by atoms with van der Waals surface area (Å²) in [6, 6.07) is 0.373. The number of rotatable bonds is 9. The van der Waals surface area contributed by atoms with Crippen LogP contribution in [0.1, 0.15) is 91.9 Å². The molecule has 5 fully saturated rings. The van der Waals surface area contributed by atoms with Gasteiger partial charge in [-0.3, -0.25) is 4.79 Å². The molecule has 0 spiro atoms. The van der Waals surface area contributed by atoms with Crippen molar-refractivity contribution >= 4 is 5.78 Å². The van der Waals surface area contributed by atoms with Gasteiger partial charge in [-0.05, 0) is 127 Å². The Morgan fingerprint density at radius 3 is 2.29 bits per heavy atom. The van der Waals surface area contributed by atoms with Crippen LogP contribution in [0.25, 0.3) is 0 Å². The summed E-state index contributed by atoms with van der Waals surface area (Å²) < 4.78 is 50.3. The zero-order valence-corrected chi connectivity index (χ0v) is 33.4. The molecule has 18 atom stereocenters. The number of hydrogen-bond donors (Lipinski definition) is 1. The van der Waals surface area contributed by atoms with Gasteiger partial charge in [-0.2, -0.15) is 0 Å². The number of nitrogens with two attached hydrogens (primary N) is 1. The van der Waals surface area contributed by atoms with Crippen LogP contribution in [-0.2, 0) is 42.7 Å². The van der Waals surface area contributed by atoms with E-state index in [0.717, 1.165) is 69.8 Å². The molecule has 3 aliphatic carbocycles. The number of allylic oxidation sites excluding steroid dienone is 2. The van der Waals surface area contributed by atoms with Crippen LogP contribution in [0.15, 0.2) is 11.6 Å². The minimum absolute atomic E-state index is 0.00318. The second-order valence-corrected chi connectivity index (χ2v) is 17.1. The molecule has 3 saturated heterocycles. The fourth-order valence-electron chi connectivity index (χ4n) is 11.2. The average Bonchev–Trinajstić information content (AvgIpc) is 3.70. The van der Waals surface area contributed by atoms with Crippen LogP contribution in [0, 0.1) is 35.5 Å². The number of carbonyl (C=O) groups is 1. The summed E-state index contributed by atoms with van der Waals surface area (Å²) in [5.74, 6) is 1.27. The molecule has 3 aliphatic heterocycles. The fraction of sp³-hybridized carbons (Fsp3) is 0.927. The number of ketones is 1. The van der Waals surface area contributed by atoms with Gasteiger partial charge in [0.1, 0.15) is 18.3 Å². The van der Waals surface area contributed by atoms with Crippen molar-refractivity contribution in [3.8, 4) is 0 Å². The number of carbonyl (C=O) groups excluding carboxylic acids is 1. The van der Waals surface area contributed by atoms with E-state index in [-0.39, 0.29) is 84.5 Å². The molecule has 6 rings (SSSR count). The summed E-state index contributed by atoms with van der Waals surface area (Å²) in [4.78, 5) is 17.0. The van der Waals surface area contributed by atoms with Crippen LogP contribution < -0.4 is 5.73 Å². The third kappa shape index (κ3) is 8.39. The van der Waals surface area contributed by atoms with E-state index in [9.17, 15) is 4.79 Å². The van der Waals surface area contributed by atoms with Gasteiger partial charge in [-0.1, -0.05) is 19.9 Å². The maximum absolute atomic E-state index is 14.7. The van der Waals surface area contributed by atoms with E-state index in [1.54, 1.807) is 21.3 Å². The van der Waals surface area contributed by atoms with Crippen LogP contribution in [0.3, 0.4) is 0 Å². The second kappa shape index (κ2) is 17.9. The Kier molecular flexibility index (Phi) is 14.0. The number of nitrogens with zero attached hydrogens (tertiary/aromatic N) is 1. The molecule has 0 bridgehead atoms. The molecular formula is C41H70N2O9. The number of hydrogen-bond acceptors (Lipinski definition) is 11. The van der Waals surface area contributed by atoms with Crippen LogP contribution >= 0.6 is 0 Å². The van der Waals surface area contributed by atoms with Gasteiger partial charge in [-0.25, -0.2) is 0 Å². The SMILES string of the molecule is CC[C@H]1CCC[C@H](O[C@H]2CC[C@H](N(C)C)C(C)O2)[C@@H](C)C(=O)C2=C[C@H]3[C@@H]4C[C@H](O[C@@H]5OC(C)[C@H](OC)[C@@H](OC)C5OC)C[C@H]4CC(N)[C@H]3[C@@H]2CCO1. The lowest BCUT2D eigenvalue weighted by molar-refractivity contribution is -0.314. The molecule has 11 nitrogen and oxygen atoms in total. The maximum atomic E-state index is 14.7. The molecule has 298 valence electrons. The highest BCUT2D eigenvalue weighted by molar-refractivity contribution is 5.98. The summed E-state index contributed by atoms with van der Waals surface area (Å²) in [6.07, 6.45) is 9.50. The minimum Gasteiger partial charge on any atom is -0.378 e. The van der Waals surface area contributed by atoms with Crippen molar-refractivity contribution in [2.24, 2.45) is 41.2 Å². The van der Waals surface area contributed by atoms with Crippen LogP contribution in [-0.4, -0.2) is 126 Å². The Hall–Kier alpha value is -0.990. The molecule has 11 heteroatoms. The maximum Gasteiger partial charge on any atom is 0.187 e. The molecule has 3 heterocycles. The zero-order valence-electron chi connectivity index (χ0n) is 33.4. The quantitative estimate of drug-likeness (QED) is 0.340. The predicted molar refractivity (Wildman–Crippen MR) is 198 cm³/mol. The van der Waals surface area contributed by atoms with E-state index in [4.69, 9.17) is 43.6 Å². The summed E-state index contributed by atoms with van der Waals surface area (Å²) >= 11 is 0. The van der Waals surface area contributed by atoms with Crippen molar-refractivity contribution in [1.29, 1.82) is 0 Å². The van der Waals surface area contributed by atoms with Crippen molar-refractivity contribution in [3.05, 3.63) is 11.6 Å². The average molecular weight is 735 g/mol. The first kappa shape index (κ1) is 40.7. The lowest BCUT2D eigenvalue weighted by Crippen LogP contribution is -2.59. The Morgan fingerprint density at radius 1 is 0.865 bits per heavy atom.